The van der Waals surface area contributed by atoms with Crippen LogP contribution in [0.15, 0.2) is 17.1 Å². The highest BCUT2D eigenvalue weighted by molar-refractivity contribution is 7.60. The first-order valence-electron chi connectivity index (χ1n) is 23.9. The van der Waals surface area contributed by atoms with Gasteiger partial charge in [-0.15, -0.1) is 0 Å². The van der Waals surface area contributed by atoms with Gasteiger partial charge in [-0.1, -0.05) is 168 Å². The Morgan fingerprint density at radius 2 is 1.21 bits per heavy atom. The number of hydrogen-bond donors (Lipinski definition) is 6. The first-order chi connectivity index (χ1) is 30.1. The third-order valence-electron chi connectivity index (χ3n) is 11.0. The molecule has 7 N–H and O–H groups in total. The Morgan fingerprint density at radius 3 is 1.63 bits per heavy atom. The van der Waals surface area contributed by atoms with E-state index in [1.807, 2.05) is 0 Å². The third kappa shape index (κ3) is 31.5. The zero-order chi connectivity index (χ0) is 46.8. The maximum Gasteiger partial charge on any atom is 0.481 e. The highest BCUT2D eigenvalue weighted by Gasteiger charge is 2.35. The van der Waals surface area contributed by atoms with Crippen LogP contribution < -0.4 is 11.4 Å². The van der Waals surface area contributed by atoms with E-state index < -0.39 is 65.1 Å². The van der Waals surface area contributed by atoms with Gasteiger partial charge in [-0.2, -0.15) is 9.29 Å². The molecule has 2 heterocycles. The number of carbonyl (C=O) groups is 2. The topological polar surface area (TPSA) is 267 Å². The SMILES string of the molecule is CCCCCCCCCCCCCCCC(=O)OC(C(=O)CCCCCCCCCCCCCCC)C(O)CO.Nc1ccn([C@H]2CC[C@@H](COP(=O)(O)OP(=O)(O)O)O2)c(=O)n1. The first kappa shape index (κ1) is 59.0. The molecule has 0 aromatic carbocycles. The van der Waals surface area contributed by atoms with Crippen molar-refractivity contribution in [2.24, 2.45) is 0 Å². The molecule has 0 spiro atoms. The number of anilines is 1. The van der Waals surface area contributed by atoms with E-state index in [9.17, 15) is 33.7 Å². The molecule has 2 rings (SSSR count). The van der Waals surface area contributed by atoms with Crippen LogP contribution in [0, 0.1) is 0 Å². The second kappa shape index (κ2) is 36.1. The zero-order valence-corrected chi connectivity index (χ0v) is 40.2. The van der Waals surface area contributed by atoms with Crippen LogP contribution in [0.1, 0.15) is 213 Å². The number of ether oxygens (including phenoxy) is 2. The summed E-state index contributed by atoms with van der Waals surface area (Å²) in [6, 6.07) is 1.42. The van der Waals surface area contributed by atoms with Crippen LogP contribution in [0.25, 0.3) is 0 Å². The van der Waals surface area contributed by atoms with Crippen LogP contribution in [0.4, 0.5) is 5.82 Å². The van der Waals surface area contributed by atoms with Crippen molar-refractivity contribution in [3.8, 4) is 0 Å². The van der Waals surface area contributed by atoms with Crippen LogP contribution in [0.5, 0.6) is 0 Å². The predicted molar refractivity (Wildman–Crippen MR) is 244 cm³/mol. The van der Waals surface area contributed by atoms with Crippen molar-refractivity contribution < 1.29 is 61.9 Å². The van der Waals surface area contributed by atoms with Crippen LogP contribution >= 0.6 is 15.6 Å². The molecule has 1 aromatic rings. The predicted octanol–water partition coefficient (Wildman–Crippen LogP) is 9.51. The van der Waals surface area contributed by atoms with Gasteiger partial charge in [0.25, 0.3) is 0 Å². The van der Waals surface area contributed by atoms with Gasteiger partial charge in [-0.3, -0.25) is 18.7 Å². The molecule has 1 aromatic heterocycles. The van der Waals surface area contributed by atoms with Gasteiger partial charge in [0.05, 0.1) is 19.3 Å². The Morgan fingerprint density at radius 1 is 0.762 bits per heavy atom. The van der Waals surface area contributed by atoms with Crippen LogP contribution in [0.2, 0.25) is 0 Å². The smallest absolute Gasteiger partial charge is 0.451 e. The number of rotatable bonds is 38. The first-order valence-corrected chi connectivity index (χ1v) is 26.9. The molecule has 19 heteroatoms. The summed E-state index contributed by atoms with van der Waals surface area (Å²) < 4.78 is 42.0. The summed E-state index contributed by atoms with van der Waals surface area (Å²) in [4.78, 5) is 66.3. The molecule has 0 radical (unpaired) electrons. The number of nitrogens with zero attached hydrogens (tertiary/aromatic N) is 2. The van der Waals surface area contributed by atoms with Crippen molar-refractivity contribution in [1.82, 2.24) is 9.55 Å². The van der Waals surface area contributed by atoms with Gasteiger partial charge < -0.3 is 40.1 Å². The minimum atomic E-state index is -5.16. The molecule has 17 nitrogen and oxygen atoms in total. The van der Waals surface area contributed by atoms with Crippen LogP contribution in [-0.4, -0.2) is 77.7 Å². The normalized spacial score (nSPS) is 17.1. The third-order valence-corrected chi connectivity index (χ3v) is 13.2. The highest BCUT2D eigenvalue weighted by Crippen LogP contribution is 2.57. The number of nitrogens with two attached hydrogens (primary N) is 1. The van der Waals surface area contributed by atoms with Gasteiger partial charge in [0.15, 0.2) is 11.9 Å². The van der Waals surface area contributed by atoms with Gasteiger partial charge in [0, 0.05) is 19.0 Å². The minimum Gasteiger partial charge on any atom is -0.451 e. The second-order valence-electron chi connectivity index (χ2n) is 16.8. The summed E-state index contributed by atoms with van der Waals surface area (Å²) in [5, 5.41) is 19.4. The number of nitrogen functional groups attached to an aromatic ring is 1. The molecule has 1 aliphatic heterocycles. The van der Waals surface area contributed by atoms with Crippen molar-refractivity contribution in [2.45, 2.75) is 231 Å². The van der Waals surface area contributed by atoms with Crippen LogP contribution in [0.3, 0.4) is 0 Å². The number of unbranched alkanes of at least 4 members (excludes halogenated alkanes) is 24. The molecule has 1 saturated heterocycles. The van der Waals surface area contributed by atoms with E-state index in [2.05, 4.69) is 27.7 Å². The molecule has 368 valence electrons. The number of aromatic nitrogens is 2. The molecule has 1 fully saturated rings. The van der Waals surface area contributed by atoms with Crippen molar-refractivity contribution in [3.05, 3.63) is 22.7 Å². The number of esters is 1. The maximum absolute atomic E-state index is 12.6. The highest BCUT2D eigenvalue weighted by atomic mass is 31.3. The molecule has 5 atom stereocenters. The van der Waals surface area contributed by atoms with Crippen molar-refractivity contribution in [1.29, 1.82) is 0 Å². The minimum absolute atomic E-state index is 0.0694. The van der Waals surface area contributed by atoms with Gasteiger partial charge in [0.2, 0.25) is 0 Å². The molecule has 0 bridgehead atoms. The fraction of sp³-hybridized carbons (Fsp3) is 0.864. The summed E-state index contributed by atoms with van der Waals surface area (Å²) in [6.07, 6.45) is 31.0. The zero-order valence-electron chi connectivity index (χ0n) is 38.4. The molecular formula is C44H83N3O14P2. The molecule has 0 aliphatic carbocycles. The molecular weight excluding hydrogens is 856 g/mol. The number of aliphatic hydroxyl groups is 2. The summed E-state index contributed by atoms with van der Waals surface area (Å²) in [5.41, 5.74) is 4.78. The number of aliphatic hydroxyl groups excluding tert-OH is 2. The van der Waals surface area contributed by atoms with E-state index >= 15 is 0 Å². The summed E-state index contributed by atoms with van der Waals surface area (Å²) >= 11 is 0. The fourth-order valence-corrected chi connectivity index (χ4v) is 9.01. The lowest BCUT2D eigenvalue weighted by atomic mass is 10.0. The van der Waals surface area contributed by atoms with E-state index in [0.29, 0.717) is 12.8 Å². The monoisotopic (exact) mass is 940 g/mol. The molecule has 1 aliphatic rings. The molecule has 3 unspecified atom stereocenters. The summed E-state index contributed by atoms with van der Waals surface area (Å²) in [5.74, 6) is -0.650. The average Bonchev–Trinajstić information content (AvgIpc) is 3.70. The van der Waals surface area contributed by atoms with Crippen LogP contribution in [-0.2, 0) is 37.0 Å². The van der Waals surface area contributed by atoms with Crippen molar-refractivity contribution in [3.63, 3.8) is 0 Å². The standard InChI is InChI=1S/C35H68O5.C9H15N3O9P2/c1-3-5-7-9-11-13-15-17-19-21-23-25-27-29-32(37)35(33(38)31-36)40-34(39)30-28-26-24-22-20-18-16-14-12-10-8-6-4-2;10-7-3-4-12(9(13)11-7)8-2-1-6(20-8)5-19-23(17,18)21-22(14,15)16/h33,35-36,38H,3-31H2,1-2H3;3-4,6,8H,1-2,5H2,(H,17,18)(H2,10,11,13)(H2,14,15,16)/t;6-,8+/m.0/s1. The van der Waals surface area contributed by atoms with Crippen molar-refractivity contribution in [2.75, 3.05) is 18.9 Å². The Labute approximate surface area is 376 Å². The van der Waals surface area contributed by atoms with E-state index in [1.165, 1.54) is 145 Å². The quantitative estimate of drug-likeness (QED) is 0.0205. The van der Waals surface area contributed by atoms with E-state index in [-0.39, 0.29) is 24.4 Å². The Balaban J connectivity index is 0.000000723. The number of Topliss-reactive ketones (excluding diaryl/α,β-unsaturated/α-hetero) is 1. The van der Waals surface area contributed by atoms with Gasteiger partial charge in [-0.05, 0) is 31.7 Å². The van der Waals surface area contributed by atoms with Gasteiger partial charge in [0.1, 0.15) is 18.1 Å². The second-order valence-corrected chi connectivity index (χ2v) is 19.6. The lowest BCUT2D eigenvalue weighted by Gasteiger charge is -2.20. The molecule has 63 heavy (non-hydrogen) atoms. The Bertz CT molecular complexity index is 1500. The van der Waals surface area contributed by atoms with Gasteiger partial charge >= 0.3 is 27.3 Å². The Hall–Kier alpha value is -2.04. The number of hydrogen-bond acceptors (Lipinski definition) is 13. The molecule has 0 saturated carbocycles. The van der Waals surface area contributed by atoms with Crippen molar-refractivity contribution >= 4 is 33.2 Å². The largest absolute Gasteiger partial charge is 0.481 e. The number of phosphoric acid groups is 2. The summed E-state index contributed by atoms with van der Waals surface area (Å²) in [7, 11) is -10.1. The number of phosphoric ester groups is 1. The molecule has 0 amide bonds. The lowest BCUT2D eigenvalue weighted by molar-refractivity contribution is -0.163. The van der Waals surface area contributed by atoms with E-state index in [0.717, 1.165) is 38.5 Å². The maximum atomic E-state index is 12.6. The number of carbonyl (C=O) groups excluding carboxylic acids is 2. The summed E-state index contributed by atoms with van der Waals surface area (Å²) in [6.45, 7) is 3.48. The van der Waals surface area contributed by atoms with E-state index in [4.69, 9.17) is 29.9 Å². The van der Waals surface area contributed by atoms with Gasteiger partial charge in [-0.25, -0.2) is 13.9 Å². The average molecular weight is 940 g/mol. The lowest BCUT2D eigenvalue weighted by Crippen LogP contribution is -2.40. The fourth-order valence-electron chi connectivity index (χ4n) is 7.40. The van der Waals surface area contributed by atoms with E-state index in [1.54, 1.807) is 0 Å². The number of ketones is 1. The Kier molecular flexibility index (Phi) is 33.8.